The van der Waals surface area contributed by atoms with Gasteiger partial charge in [-0.25, -0.2) is 9.59 Å². The molecule has 40 heavy (non-hydrogen) atoms. The second-order valence-electron chi connectivity index (χ2n) is 10.2. The summed E-state index contributed by atoms with van der Waals surface area (Å²) in [6, 6.07) is 14.9. The Labute approximate surface area is 242 Å². The van der Waals surface area contributed by atoms with Gasteiger partial charge in [0, 0.05) is 0 Å². The number of hydrogen-bond acceptors (Lipinski definition) is 4. The van der Waals surface area contributed by atoms with Gasteiger partial charge >= 0.3 is 11.9 Å². The Hall–Kier alpha value is -3.40. The maximum Gasteiger partial charge on any atom is 0.338 e. The lowest BCUT2D eigenvalue weighted by atomic mass is 10.1. The van der Waals surface area contributed by atoms with Gasteiger partial charge < -0.3 is 9.47 Å². The number of benzene rings is 2. The summed E-state index contributed by atoms with van der Waals surface area (Å²) >= 11 is 0. The van der Waals surface area contributed by atoms with Crippen LogP contribution >= 0.6 is 0 Å². The first kappa shape index (κ1) is 32.8. The molecule has 2 rings (SSSR count). The van der Waals surface area contributed by atoms with E-state index in [1.54, 1.807) is 24.3 Å². The number of hydrogen-bond donors (Lipinski definition) is 0. The van der Waals surface area contributed by atoms with Gasteiger partial charge in [0.25, 0.3) is 0 Å². The lowest BCUT2D eigenvalue weighted by Gasteiger charge is -2.05. The quantitative estimate of drug-likeness (QED) is 0.0945. The van der Waals surface area contributed by atoms with Crippen LogP contribution in [0.3, 0.4) is 0 Å². The first-order valence-corrected chi connectivity index (χ1v) is 15.2. The Morgan fingerprint density at radius 1 is 0.500 bits per heavy atom. The molecule has 0 aliphatic carbocycles. The first-order chi connectivity index (χ1) is 19.6. The van der Waals surface area contributed by atoms with E-state index >= 15 is 0 Å². The third kappa shape index (κ3) is 14.7. The summed E-state index contributed by atoms with van der Waals surface area (Å²) < 4.78 is 10.8. The van der Waals surface area contributed by atoms with E-state index in [4.69, 9.17) is 9.47 Å². The van der Waals surface area contributed by atoms with Gasteiger partial charge in [-0.1, -0.05) is 139 Å². The molecule has 4 nitrogen and oxygen atoms in total. The lowest BCUT2D eigenvalue weighted by Crippen LogP contribution is -2.06. The summed E-state index contributed by atoms with van der Waals surface area (Å²) in [5.74, 6) is -0.514. The molecule has 0 aliphatic heterocycles. The summed E-state index contributed by atoms with van der Waals surface area (Å²) in [5.41, 5.74) is 3.19. The van der Waals surface area contributed by atoms with Gasteiger partial charge in [-0.05, 0) is 48.2 Å². The standard InChI is InChI=1S/C36H48O4/c1-3-5-7-9-13-17-29-39-35(37)33-25-21-31(22-26-33)19-15-11-12-16-20-32-23-27-34(28-24-32)36(38)40-30-18-14-10-8-6-4-2/h11-12,15-16,19-28H,3-10,13-14,17-18,29-30H2,1-2H3/b12-11+,19-15+,20-16+. The molecule has 0 aliphatic rings. The monoisotopic (exact) mass is 544 g/mol. The zero-order valence-electron chi connectivity index (χ0n) is 24.6. The van der Waals surface area contributed by atoms with Gasteiger partial charge in [0.05, 0.1) is 24.3 Å². The van der Waals surface area contributed by atoms with Crippen LogP contribution in [-0.4, -0.2) is 25.2 Å². The highest BCUT2D eigenvalue weighted by Crippen LogP contribution is 2.11. The van der Waals surface area contributed by atoms with Crippen LogP contribution in [-0.2, 0) is 9.47 Å². The van der Waals surface area contributed by atoms with Gasteiger partial charge in [-0.15, -0.1) is 0 Å². The van der Waals surface area contributed by atoms with Crippen LogP contribution in [0.2, 0.25) is 0 Å². The molecule has 216 valence electrons. The van der Waals surface area contributed by atoms with Crippen molar-refractivity contribution in [1.82, 2.24) is 0 Å². The molecule has 0 bridgehead atoms. The fraction of sp³-hybridized carbons (Fsp3) is 0.444. The van der Waals surface area contributed by atoms with Crippen molar-refractivity contribution in [1.29, 1.82) is 0 Å². The molecule has 2 aromatic rings. The van der Waals surface area contributed by atoms with Crippen molar-refractivity contribution in [2.45, 2.75) is 90.9 Å². The summed E-state index contributed by atoms with van der Waals surface area (Å²) in [4.78, 5) is 24.4. The minimum atomic E-state index is -0.257. The van der Waals surface area contributed by atoms with Crippen molar-refractivity contribution in [2.24, 2.45) is 0 Å². The molecule has 0 radical (unpaired) electrons. The highest BCUT2D eigenvalue weighted by molar-refractivity contribution is 5.90. The molecule has 0 amide bonds. The second kappa shape index (κ2) is 21.4. The van der Waals surface area contributed by atoms with E-state index in [0.717, 1.165) is 36.8 Å². The second-order valence-corrected chi connectivity index (χ2v) is 10.2. The Bertz CT molecular complexity index is 960. The van der Waals surface area contributed by atoms with Crippen molar-refractivity contribution in [3.63, 3.8) is 0 Å². The van der Waals surface area contributed by atoms with Gasteiger partial charge in [0.1, 0.15) is 0 Å². The van der Waals surface area contributed by atoms with Gasteiger partial charge in [0.15, 0.2) is 0 Å². The largest absolute Gasteiger partial charge is 0.462 e. The van der Waals surface area contributed by atoms with E-state index in [0.29, 0.717) is 24.3 Å². The zero-order chi connectivity index (χ0) is 28.7. The number of rotatable bonds is 20. The Morgan fingerprint density at radius 3 is 1.23 bits per heavy atom. The van der Waals surface area contributed by atoms with E-state index < -0.39 is 0 Å². The average Bonchev–Trinajstić information content (AvgIpc) is 2.98. The number of ether oxygens (including phenoxy) is 2. The van der Waals surface area contributed by atoms with Crippen LogP contribution < -0.4 is 0 Å². The van der Waals surface area contributed by atoms with E-state index in [2.05, 4.69) is 13.8 Å². The predicted octanol–water partition coefficient (Wildman–Crippen LogP) is 10.0. The van der Waals surface area contributed by atoms with E-state index in [9.17, 15) is 9.59 Å². The van der Waals surface area contributed by atoms with Crippen LogP contribution in [0.1, 0.15) is 123 Å². The Balaban J connectivity index is 1.66. The van der Waals surface area contributed by atoms with Crippen molar-refractivity contribution in [3.8, 4) is 0 Å². The molecule has 0 heterocycles. The molecule has 0 fully saturated rings. The van der Waals surface area contributed by atoms with Crippen LogP contribution in [0.4, 0.5) is 0 Å². The highest BCUT2D eigenvalue weighted by atomic mass is 16.5. The smallest absolute Gasteiger partial charge is 0.338 e. The van der Waals surface area contributed by atoms with Crippen molar-refractivity contribution >= 4 is 24.1 Å². The molecule has 0 unspecified atom stereocenters. The minimum absolute atomic E-state index is 0.257. The van der Waals surface area contributed by atoms with E-state index in [1.165, 1.54) is 51.4 Å². The Kier molecular flexibility index (Phi) is 17.6. The summed E-state index contributed by atoms with van der Waals surface area (Å²) in [6.45, 7) is 5.39. The van der Waals surface area contributed by atoms with Crippen molar-refractivity contribution in [3.05, 3.63) is 95.1 Å². The molecule has 0 saturated heterocycles. The maximum absolute atomic E-state index is 12.2. The topological polar surface area (TPSA) is 52.6 Å². The number of unbranched alkanes of at least 4 members (excludes halogenated alkanes) is 10. The third-order valence-corrected chi connectivity index (χ3v) is 6.67. The van der Waals surface area contributed by atoms with Crippen molar-refractivity contribution in [2.75, 3.05) is 13.2 Å². The van der Waals surface area contributed by atoms with Crippen molar-refractivity contribution < 1.29 is 19.1 Å². The fourth-order valence-electron chi connectivity index (χ4n) is 4.18. The minimum Gasteiger partial charge on any atom is -0.462 e. The summed E-state index contributed by atoms with van der Waals surface area (Å²) in [7, 11) is 0. The lowest BCUT2D eigenvalue weighted by molar-refractivity contribution is 0.0488. The zero-order valence-corrected chi connectivity index (χ0v) is 24.6. The number of esters is 2. The van der Waals surface area contributed by atoms with E-state index in [1.807, 2.05) is 60.7 Å². The molecule has 0 aromatic heterocycles. The fourth-order valence-corrected chi connectivity index (χ4v) is 4.18. The third-order valence-electron chi connectivity index (χ3n) is 6.67. The molecule has 4 heteroatoms. The normalized spacial score (nSPS) is 11.6. The van der Waals surface area contributed by atoms with Gasteiger partial charge in [-0.2, -0.15) is 0 Å². The van der Waals surface area contributed by atoms with Gasteiger partial charge in [0.2, 0.25) is 0 Å². The molecule has 0 saturated carbocycles. The number of carbonyl (C=O) groups excluding carboxylic acids is 2. The molecule has 2 aromatic carbocycles. The molecule has 0 N–H and O–H groups in total. The Morgan fingerprint density at radius 2 is 0.850 bits per heavy atom. The molecule has 0 atom stereocenters. The van der Waals surface area contributed by atoms with Gasteiger partial charge in [-0.3, -0.25) is 0 Å². The van der Waals surface area contributed by atoms with Crippen LogP contribution in [0, 0.1) is 0 Å². The first-order valence-electron chi connectivity index (χ1n) is 15.2. The van der Waals surface area contributed by atoms with Crippen LogP contribution in [0.15, 0.2) is 72.8 Å². The maximum atomic E-state index is 12.2. The molecular weight excluding hydrogens is 496 g/mol. The average molecular weight is 545 g/mol. The number of carbonyl (C=O) groups is 2. The van der Waals surface area contributed by atoms with Crippen LogP contribution in [0.5, 0.6) is 0 Å². The number of allylic oxidation sites excluding steroid dienone is 4. The highest BCUT2D eigenvalue weighted by Gasteiger charge is 2.07. The molecular formula is C36H48O4. The predicted molar refractivity (Wildman–Crippen MR) is 167 cm³/mol. The summed E-state index contributed by atoms with van der Waals surface area (Å²) in [5, 5.41) is 0. The molecule has 0 spiro atoms. The van der Waals surface area contributed by atoms with E-state index in [-0.39, 0.29) is 11.9 Å². The van der Waals surface area contributed by atoms with Crippen LogP contribution in [0.25, 0.3) is 12.2 Å². The summed E-state index contributed by atoms with van der Waals surface area (Å²) in [6.07, 6.45) is 25.9. The SMILES string of the molecule is CCCCCCCCOC(=O)c1ccc(/C=C/C=C/C=C/c2ccc(C(=O)OCCCCCCCC)cc2)cc1.